The number of piperazine rings is 1. The quantitative estimate of drug-likeness (QED) is 0.600. The summed E-state index contributed by atoms with van der Waals surface area (Å²) in [6, 6.07) is 14.8. The summed E-state index contributed by atoms with van der Waals surface area (Å²) in [5, 5.41) is 3.40. The van der Waals surface area contributed by atoms with E-state index in [0.717, 1.165) is 11.6 Å². The van der Waals surface area contributed by atoms with Gasteiger partial charge in [0.2, 0.25) is 5.78 Å². The first kappa shape index (κ1) is 20.8. The molecule has 2 aromatic heterocycles. The van der Waals surface area contributed by atoms with Gasteiger partial charge in [-0.3, -0.25) is 4.79 Å². The summed E-state index contributed by atoms with van der Waals surface area (Å²) in [5.74, 6) is -0.741. The molecule has 1 atom stereocenters. The number of hydrogen-bond acceptors (Lipinski definition) is 6. The van der Waals surface area contributed by atoms with Crippen LogP contribution in [-0.2, 0) is 6.18 Å². The van der Waals surface area contributed by atoms with E-state index in [1.807, 2.05) is 35.2 Å². The summed E-state index contributed by atoms with van der Waals surface area (Å²) in [4.78, 5) is 22.8. The maximum Gasteiger partial charge on any atom is 0.418 e. The number of hydrogen-bond donors (Lipinski definition) is 2. The van der Waals surface area contributed by atoms with Crippen LogP contribution in [0.3, 0.4) is 0 Å². The number of halogens is 3. The van der Waals surface area contributed by atoms with Crippen LogP contribution in [0.2, 0.25) is 0 Å². The van der Waals surface area contributed by atoms with Gasteiger partial charge in [-0.2, -0.15) is 13.2 Å². The highest BCUT2D eigenvalue weighted by atomic mass is 19.4. The van der Waals surface area contributed by atoms with Crippen molar-refractivity contribution in [1.29, 1.82) is 0 Å². The number of pyridine rings is 2. The van der Waals surface area contributed by atoms with Crippen molar-refractivity contribution in [2.45, 2.75) is 12.2 Å². The van der Waals surface area contributed by atoms with E-state index in [0.29, 0.717) is 25.5 Å². The maximum atomic E-state index is 13.6. The van der Waals surface area contributed by atoms with Crippen LogP contribution in [0.5, 0.6) is 0 Å². The lowest BCUT2D eigenvalue weighted by Gasteiger charge is -2.35. The average molecular weight is 433 g/mol. The number of anilines is 2. The van der Waals surface area contributed by atoms with Crippen LogP contribution >= 0.6 is 0 Å². The Balaban J connectivity index is 0.00000193. The summed E-state index contributed by atoms with van der Waals surface area (Å²) >= 11 is 0. The van der Waals surface area contributed by atoms with E-state index in [4.69, 9.17) is 5.73 Å². The number of nitrogens with two attached hydrogens (primary N) is 1. The molecule has 1 aliphatic heterocycles. The lowest BCUT2D eigenvalue weighted by Crippen LogP contribution is -2.46. The molecule has 1 fully saturated rings. The minimum Gasteiger partial charge on any atom is -0.383 e. The lowest BCUT2D eigenvalue weighted by molar-refractivity contribution is -0.138. The monoisotopic (exact) mass is 433 g/mol. The van der Waals surface area contributed by atoms with Crippen LogP contribution in [0.1, 0.15) is 37.5 Å². The van der Waals surface area contributed by atoms with Crippen LogP contribution in [-0.4, -0.2) is 35.4 Å². The van der Waals surface area contributed by atoms with Crippen molar-refractivity contribution < 1.29 is 22.2 Å². The topological polar surface area (TPSA) is 84.1 Å². The van der Waals surface area contributed by atoms with Gasteiger partial charge in [-0.1, -0.05) is 30.3 Å². The number of benzene rings is 1. The highest BCUT2D eigenvalue weighted by Crippen LogP contribution is 2.34. The van der Waals surface area contributed by atoms with Crippen molar-refractivity contribution >= 4 is 17.4 Å². The number of nitrogen functional groups attached to an aromatic ring is 1. The number of nitrogens with one attached hydrogen (secondary N) is 1. The number of ketones is 1. The first-order valence-electron chi connectivity index (χ1n) is 9.71. The molecule has 3 N–H and O–H groups in total. The predicted molar refractivity (Wildman–Crippen MR) is 117 cm³/mol. The molecule has 0 spiro atoms. The standard InChI is InChI=1S/C22H20F3N5O.3H2/c23-22(24,25)16-8-9-18(29-19(16)20(31)15-7-4-10-28-21(15)26)30-12-11-27-17(13-30)14-5-2-1-3-6-14;;;/h1-10,17,27H,11-13H2,(H2,26,28);3*1H/t17-;;;/m1.../s1. The fourth-order valence-electron chi connectivity index (χ4n) is 3.63. The van der Waals surface area contributed by atoms with Crippen molar-refractivity contribution in [2.75, 3.05) is 30.3 Å². The van der Waals surface area contributed by atoms with Gasteiger partial charge < -0.3 is 16.0 Å². The molecule has 1 aliphatic rings. The number of nitrogens with zero attached hydrogens (tertiary/aromatic N) is 3. The van der Waals surface area contributed by atoms with Crippen LogP contribution < -0.4 is 16.0 Å². The Morgan fingerprint density at radius 3 is 2.61 bits per heavy atom. The molecular weight excluding hydrogens is 407 g/mol. The molecule has 1 saturated heterocycles. The smallest absolute Gasteiger partial charge is 0.383 e. The van der Waals surface area contributed by atoms with Crippen molar-refractivity contribution in [3.05, 3.63) is 83.2 Å². The van der Waals surface area contributed by atoms with Crippen LogP contribution in [0.15, 0.2) is 60.8 Å². The second kappa shape index (κ2) is 8.35. The van der Waals surface area contributed by atoms with Gasteiger partial charge in [0.25, 0.3) is 0 Å². The van der Waals surface area contributed by atoms with Gasteiger partial charge >= 0.3 is 6.18 Å². The van der Waals surface area contributed by atoms with E-state index in [1.54, 1.807) is 0 Å². The second-order valence-corrected chi connectivity index (χ2v) is 7.19. The zero-order valence-corrected chi connectivity index (χ0v) is 16.4. The lowest BCUT2D eigenvalue weighted by atomic mass is 10.0. The van der Waals surface area contributed by atoms with Gasteiger partial charge in [-0.25, -0.2) is 9.97 Å². The second-order valence-electron chi connectivity index (χ2n) is 7.19. The van der Waals surface area contributed by atoms with Crippen LogP contribution in [0, 0.1) is 0 Å². The number of alkyl halides is 3. The molecule has 0 unspecified atom stereocenters. The van der Waals surface area contributed by atoms with E-state index in [1.165, 1.54) is 24.4 Å². The molecule has 0 bridgehead atoms. The largest absolute Gasteiger partial charge is 0.418 e. The molecule has 6 nitrogen and oxygen atoms in total. The van der Waals surface area contributed by atoms with Crippen LogP contribution in [0.25, 0.3) is 0 Å². The molecule has 3 heterocycles. The minimum atomic E-state index is -4.73. The van der Waals surface area contributed by atoms with Crippen molar-refractivity contribution in [1.82, 2.24) is 15.3 Å². The third-order valence-corrected chi connectivity index (χ3v) is 5.19. The molecule has 166 valence electrons. The average Bonchev–Trinajstić information content (AvgIpc) is 2.78. The zero-order chi connectivity index (χ0) is 22.0. The molecule has 31 heavy (non-hydrogen) atoms. The van der Waals surface area contributed by atoms with Gasteiger partial charge in [-0.05, 0) is 29.8 Å². The van der Waals surface area contributed by atoms with Gasteiger partial charge in [-0.15, -0.1) is 0 Å². The fourth-order valence-corrected chi connectivity index (χ4v) is 3.63. The first-order valence-corrected chi connectivity index (χ1v) is 9.71. The molecule has 0 saturated carbocycles. The van der Waals surface area contributed by atoms with E-state index in [-0.39, 0.29) is 21.7 Å². The Kier molecular flexibility index (Phi) is 5.60. The van der Waals surface area contributed by atoms with Gasteiger partial charge in [0, 0.05) is 36.2 Å². The zero-order valence-electron chi connectivity index (χ0n) is 16.4. The fraction of sp³-hybridized carbons (Fsp3) is 0.227. The van der Waals surface area contributed by atoms with E-state index < -0.39 is 23.2 Å². The van der Waals surface area contributed by atoms with Crippen molar-refractivity contribution in [3.8, 4) is 0 Å². The SMILES string of the molecule is Nc1ncccc1C(=O)c1nc(N2CCN[C@@H](c3ccccc3)C2)ccc1C(F)(F)F.[HH].[HH].[HH]. The van der Waals surface area contributed by atoms with E-state index >= 15 is 0 Å². The number of carbonyl (C=O) groups excluding carboxylic acids is 1. The third kappa shape index (κ3) is 4.36. The number of carbonyl (C=O) groups is 1. The molecule has 0 radical (unpaired) electrons. The Bertz CT molecular complexity index is 1100. The minimum absolute atomic E-state index is 0. The Labute approximate surface area is 181 Å². The highest BCUT2D eigenvalue weighted by Gasteiger charge is 2.37. The predicted octanol–water partition coefficient (Wildman–Crippen LogP) is 4.20. The molecule has 3 aromatic rings. The molecule has 0 amide bonds. The van der Waals surface area contributed by atoms with Crippen LogP contribution in [0.4, 0.5) is 24.8 Å². The van der Waals surface area contributed by atoms with Gasteiger partial charge in [0.05, 0.1) is 11.1 Å². The summed E-state index contributed by atoms with van der Waals surface area (Å²) in [5.41, 5.74) is 4.90. The normalized spacial score (nSPS) is 16.9. The van der Waals surface area contributed by atoms with E-state index in [9.17, 15) is 18.0 Å². The maximum absolute atomic E-state index is 13.6. The molecular formula is C22H26F3N5O. The third-order valence-electron chi connectivity index (χ3n) is 5.19. The van der Waals surface area contributed by atoms with Gasteiger partial charge in [0.15, 0.2) is 0 Å². The van der Waals surface area contributed by atoms with Crippen molar-refractivity contribution in [2.24, 2.45) is 0 Å². The van der Waals surface area contributed by atoms with Gasteiger partial charge in [0.1, 0.15) is 17.3 Å². The summed E-state index contributed by atoms with van der Waals surface area (Å²) in [6.07, 6.45) is -3.37. The number of aromatic nitrogens is 2. The molecule has 4 rings (SSSR count). The highest BCUT2D eigenvalue weighted by molar-refractivity contribution is 6.11. The summed E-state index contributed by atoms with van der Waals surface area (Å²) < 4.78 is 40.9. The Morgan fingerprint density at radius 2 is 1.90 bits per heavy atom. The molecule has 0 aliphatic carbocycles. The first-order chi connectivity index (χ1) is 14.8. The number of rotatable bonds is 4. The molecule has 1 aromatic carbocycles. The Hall–Kier alpha value is -3.46. The molecule has 9 heteroatoms. The summed E-state index contributed by atoms with van der Waals surface area (Å²) in [7, 11) is 0. The van der Waals surface area contributed by atoms with E-state index in [2.05, 4.69) is 15.3 Å². The Morgan fingerprint density at radius 1 is 1.13 bits per heavy atom. The summed E-state index contributed by atoms with van der Waals surface area (Å²) in [6.45, 7) is 1.68. The van der Waals surface area contributed by atoms with Crippen molar-refractivity contribution in [3.63, 3.8) is 0 Å².